The summed E-state index contributed by atoms with van der Waals surface area (Å²) in [5, 5.41) is 3.13. The average Bonchev–Trinajstić information content (AvgIpc) is 3.55. The number of hydrogen-bond acceptors (Lipinski definition) is 3. The van der Waals surface area contributed by atoms with Crippen molar-refractivity contribution in [1.29, 1.82) is 0 Å². The maximum atomic E-state index is 13.7. The maximum absolute atomic E-state index is 13.7. The van der Waals surface area contributed by atoms with E-state index in [0.717, 1.165) is 18.4 Å². The third kappa shape index (κ3) is 2.82. The zero-order valence-electron chi connectivity index (χ0n) is 17.0. The van der Waals surface area contributed by atoms with Crippen LogP contribution in [0.25, 0.3) is 0 Å². The van der Waals surface area contributed by atoms with Crippen molar-refractivity contribution in [1.82, 2.24) is 10.2 Å². The van der Waals surface area contributed by atoms with E-state index in [-0.39, 0.29) is 36.7 Å². The minimum absolute atomic E-state index is 0.0234. The van der Waals surface area contributed by atoms with Gasteiger partial charge in [0.05, 0.1) is 11.3 Å². The van der Waals surface area contributed by atoms with E-state index in [4.69, 9.17) is 0 Å². The van der Waals surface area contributed by atoms with Gasteiger partial charge in [0.25, 0.3) is 11.8 Å². The molecule has 0 bridgehead atoms. The number of fused-ring (bicyclic) bond motifs is 3. The number of nitrogens with one attached hydrogen (secondary N) is 1. The topological polar surface area (TPSA) is 69.7 Å². The number of anilines is 1. The summed E-state index contributed by atoms with van der Waals surface area (Å²) < 4.78 is 0. The Bertz CT molecular complexity index is 1020. The van der Waals surface area contributed by atoms with Crippen LogP contribution in [-0.4, -0.2) is 34.3 Å². The van der Waals surface area contributed by atoms with Crippen molar-refractivity contribution in [3.63, 3.8) is 0 Å². The molecule has 1 saturated heterocycles. The van der Waals surface area contributed by atoms with Gasteiger partial charge < -0.3 is 10.2 Å². The second kappa shape index (κ2) is 6.97. The van der Waals surface area contributed by atoms with E-state index in [1.807, 2.05) is 37.3 Å². The number of benzene rings is 2. The van der Waals surface area contributed by atoms with Crippen molar-refractivity contribution in [3.05, 3.63) is 65.7 Å². The molecule has 0 spiro atoms. The molecule has 5 rings (SSSR count). The lowest BCUT2D eigenvalue weighted by molar-refractivity contribution is -0.134. The summed E-state index contributed by atoms with van der Waals surface area (Å²) in [7, 11) is 0. The van der Waals surface area contributed by atoms with Crippen molar-refractivity contribution in [3.8, 4) is 0 Å². The molecule has 30 heavy (non-hydrogen) atoms. The molecule has 0 radical (unpaired) electrons. The van der Waals surface area contributed by atoms with Crippen molar-refractivity contribution >= 4 is 23.4 Å². The quantitative estimate of drug-likeness (QED) is 0.834. The number of hydrogen-bond donors (Lipinski definition) is 1. The Hall–Kier alpha value is -3.15. The van der Waals surface area contributed by atoms with E-state index >= 15 is 0 Å². The molecule has 6 heteroatoms. The highest BCUT2D eigenvalue weighted by Gasteiger charge is 2.61. The Morgan fingerprint density at radius 2 is 1.80 bits per heavy atom. The third-order valence-electron chi connectivity index (χ3n) is 6.61. The van der Waals surface area contributed by atoms with Crippen LogP contribution in [0, 0.1) is 5.92 Å². The highest BCUT2D eigenvalue weighted by molar-refractivity contribution is 6.16. The summed E-state index contributed by atoms with van der Waals surface area (Å²) in [4.78, 5) is 43.6. The second-order valence-electron chi connectivity index (χ2n) is 8.54. The van der Waals surface area contributed by atoms with Gasteiger partial charge in [-0.3, -0.25) is 19.3 Å². The summed E-state index contributed by atoms with van der Waals surface area (Å²) in [6.45, 7) is 2.27. The first-order chi connectivity index (χ1) is 14.5. The summed E-state index contributed by atoms with van der Waals surface area (Å²) in [5.41, 5.74) is 0.583. The van der Waals surface area contributed by atoms with Crippen LogP contribution in [0.15, 0.2) is 54.6 Å². The van der Waals surface area contributed by atoms with Crippen molar-refractivity contribution in [2.75, 3.05) is 4.90 Å². The summed E-state index contributed by atoms with van der Waals surface area (Å²) in [6.07, 6.45) is 2.74. The van der Waals surface area contributed by atoms with Gasteiger partial charge in [0, 0.05) is 25.4 Å². The van der Waals surface area contributed by atoms with Crippen LogP contribution in [0.4, 0.5) is 5.69 Å². The van der Waals surface area contributed by atoms with Gasteiger partial charge in [-0.05, 0) is 43.4 Å². The molecule has 1 aliphatic carbocycles. The number of amides is 3. The summed E-state index contributed by atoms with van der Waals surface area (Å²) in [5.74, 6) is -0.117. The third-order valence-corrected chi connectivity index (χ3v) is 6.61. The van der Waals surface area contributed by atoms with Crippen molar-refractivity contribution in [2.45, 2.75) is 50.9 Å². The molecule has 3 amide bonds. The molecular weight excluding hydrogens is 378 g/mol. The van der Waals surface area contributed by atoms with Gasteiger partial charge in [-0.15, -0.1) is 0 Å². The predicted octanol–water partition coefficient (Wildman–Crippen LogP) is 3.08. The van der Waals surface area contributed by atoms with Gasteiger partial charge in [-0.1, -0.05) is 42.5 Å². The Morgan fingerprint density at radius 1 is 1.10 bits per heavy atom. The fourth-order valence-electron chi connectivity index (χ4n) is 4.81. The predicted molar refractivity (Wildman–Crippen MR) is 113 cm³/mol. The van der Waals surface area contributed by atoms with E-state index < -0.39 is 5.66 Å². The lowest BCUT2D eigenvalue weighted by Crippen LogP contribution is -2.70. The van der Waals surface area contributed by atoms with Gasteiger partial charge in [-0.25, -0.2) is 0 Å². The van der Waals surface area contributed by atoms with E-state index in [0.29, 0.717) is 23.6 Å². The van der Waals surface area contributed by atoms with Crippen molar-refractivity contribution in [2.24, 2.45) is 5.92 Å². The average molecular weight is 403 g/mol. The number of nitrogens with zero attached hydrogens (tertiary/aromatic N) is 2. The number of para-hydroxylation sites is 1. The zero-order chi connectivity index (χ0) is 20.9. The monoisotopic (exact) mass is 403 g/mol. The normalized spacial score (nSPS) is 23.8. The lowest BCUT2D eigenvalue weighted by atomic mass is 9.94. The molecule has 1 saturated carbocycles. The fraction of sp³-hybridized carbons (Fsp3) is 0.375. The highest BCUT2D eigenvalue weighted by atomic mass is 16.2. The lowest BCUT2D eigenvalue weighted by Gasteiger charge is -2.49. The molecule has 2 atom stereocenters. The fourth-order valence-corrected chi connectivity index (χ4v) is 4.81. The molecule has 3 aliphatic rings. The van der Waals surface area contributed by atoms with Gasteiger partial charge in [-0.2, -0.15) is 0 Å². The molecular formula is C24H25N3O3. The van der Waals surface area contributed by atoms with E-state index in [1.54, 1.807) is 34.1 Å². The Kier molecular flexibility index (Phi) is 4.38. The van der Waals surface area contributed by atoms with Crippen LogP contribution < -0.4 is 10.2 Å². The molecule has 154 valence electrons. The van der Waals surface area contributed by atoms with Gasteiger partial charge in [0.1, 0.15) is 0 Å². The number of carbonyl (C=O) groups is 3. The van der Waals surface area contributed by atoms with Crippen LogP contribution in [0.1, 0.15) is 48.5 Å². The first-order valence-electron chi connectivity index (χ1n) is 10.6. The van der Waals surface area contributed by atoms with E-state index in [9.17, 15) is 14.4 Å². The van der Waals surface area contributed by atoms with E-state index in [1.165, 1.54) is 0 Å². The summed E-state index contributed by atoms with van der Waals surface area (Å²) >= 11 is 0. The van der Waals surface area contributed by atoms with Crippen LogP contribution in [-0.2, 0) is 16.1 Å². The first-order valence-corrected chi connectivity index (χ1v) is 10.6. The van der Waals surface area contributed by atoms with Gasteiger partial charge in [0.15, 0.2) is 0 Å². The maximum Gasteiger partial charge on any atom is 0.267 e. The second-order valence-corrected chi connectivity index (χ2v) is 8.54. The molecule has 2 aliphatic heterocycles. The van der Waals surface area contributed by atoms with Gasteiger partial charge >= 0.3 is 0 Å². The van der Waals surface area contributed by atoms with Crippen LogP contribution in [0.5, 0.6) is 0 Å². The molecule has 2 fully saturated rings. The smallest absolute Gasteiger partial charge is 0.267 e. The molecule has 2 heterocycles. The van der Waals surface area contributed by atoms with Crippen LogP contribution >= 0.6 is 0 Å². The van der Waals surface area contributed by atoms with E-state index in [2.05, 4.69) is 5.32 Å². The number of carbonyl (C=O) groups excluding carboxylic acids is 3. The standard InChI is InChI=1S/C24H25N3O3/c1-16(18-11-12-18)25-23(30)24-14-13-21(28)27(24)20-10-6-5-9-19(20)22(29)26(24)15-17-7-3-2-4-8-17/h2-10,16,18H,11-15H2,1H3,(H,25,30). The molecule has 2 aromatic rings. The molecule has 2 aromatic carbocycles. The van der Waals surface area contributed by atoms with Gasteiger partial charge in [0.2, 0.25) is 11.6 Å². The largest absolute Gasteiger partial charge is 0.350 e. The summed E-state index contributed by atoms with van der Waals surface area (Å²) in [6, 6.07) is 16.7. The molecule has 2 unspecified atom stereocenters. The van der Waals surface area contributed by atoms with Crippen LogP contribution in [0.2, 0.25) is 0 Å². The highest BCUT2D eigenvalue weighted by Crippen LogP contribution is 2.45. The minimum atomic E-state index is -1.33. The Labute approximate surface area is 175 Å². The van der Waals surface area contributed by atoms with Crippen LogP contribution in [0.3, 0.4) is 0 Å². The molecule has 1 N–H and O–H groups in total. The number of rotatable bonds is 5. The zero-order valence-corrected chi connectivity index (χ0v) is 17.0. The first kappa shape index (κ1) is 18.9. The molecule has 0 aromatic heterocycles. The molecule has 6 nitrogen and oxygen atoms in total. The Balaban J connectivity index is 1.63. The van der Waals surface area contributed by atoms with Crippen molar-refractivity contribution < 1.29 is 14.4 Å². The Morgan fingerprint density at radius 3 is 2.53 bits per heavy atom. The SMILES string of the molecule is CC(NC(=O)C12CCC(=O)N1c1ccccc1C(=O)N2Cc1ccccc1)C1CC1. The minimum Gasteiger partial charge on any atom is -0.350 e.